The quantitative estimate of drug-likeness (QED) is 0.856. The number of hydrogen-bond acceptors (Lipinski definition) is 3. The first-order valence-electron chi connectivity index (χ1n) is 8.51. The Labute approximate surface area is 151 Å². The van der Waals surface area contributed by atoms with E-state index in [0.717, 1.165) is 41.7 Å². The van der Waals surface area contributed by atoms with Crippen molar-refractivity contribution >= 4 is 33.4 Å². The van der Waals surface area contributed by atoms with Gasteiger partial charge in [-0.3, -0.25) is 9.59 Å². The summed E-state index contributed by atoms with van der Waals surface area (Å²) < 4.78 is 1.02. The van der Waals surface area contributed by atoms with E-state index < -0.39 is 0 Å². The molecule has 0 bridgehead atoms. The number of nitrogens with zero attached hydrogens (tertiary/aromatic N) is 2. The fourth-order valence-electron chi connectivity index (χ4n) is 3.58. The van der Waals surface area contributed by atoms with Crippen LogP contribution in [-0.2, 0) is 9.59 Å². The zero-order valence-electron chi connectivity index (χ0n) is 14.2. The summed E-state index contributed by atoms with van der Waals surface area (Å²) in [6.45, 7) is 4.39. The van der Waals surface area contributed by atoms with E-state index in [4.69, 9.17) is 0 Å². The SMILES string of the molecule is Cc1cc(N2CC(C(=O)N(C)C3CCNCC3)CC2=O)ccc1Br. The molecule has 0 radical (unpaired) electrons. The van der Waals surface area contributed by atoms with Crippen LogP contribution in [0.4, 0.5) is 5.69 Å². The molecular formula is C18H24BrN3O2. The summed E-state index contributed by atoms with van der Waals surface area (Å²) in [5, 5.41) is 3.32. The first kappa shape index (κ1) is 17.4. The molecule has 2 aliphatic rings. The molecule has 2 aliphatic heterocycles. The smallest absolute Gasteiger partial charge is 0.228 e. The van der Waals surface area contributed by atoms with Crippen molar-refractivity contribution in [3.8, 4) is 0 Å². The number of anilines is 1. The zero-order chi connectivity index (χ0) is 17.3. The monoisotopic (exact) mass is 393 g/mol. The highest BCUT2D eigenvalue weighted by Crippen LogP contribution is 2.29. The Balaban J connectivity index is 1.69. The van der Waals surface area contributed by atoms with Crippen LogP contribution < -0.4 is 10.2 Å². The standard InChI is InChI=1S/C18H24BrN3O2/c1-12-9-15(3-4-16(12)19)22-11-13(10-17(22)23)18(24)21(2)14-5-7-20-8-6-14/h3-4,9,13-14,20H,5-8,10-11H2,1-2H3. The van der Waals surface area contributed by atoms with Gasteiger partial charge in [0.1, 0.15) is 0 Å². The van der Waals surface area contributed by atoms with Crippen LogP contribution in [0, 0.1) is 12.8 Å². The summed E-state index contributed by atoms with van der Waals surface area (Å²) in [5.74, 6) is -0.0956. The number of hydrogen-bond donors (Lipinski definition) is 1. The Kier molecular flexibility index (Phi) is 5.25. The van der Waals surface area contributed by atoms with Crippen LogP contribution in [0.2, 0.25) is 0 Å². The van der Waals surface area contributed by atoms with Gasteiger partial charge in [-0.25, -0.2) is 0 Å². The van der Waals surface area contributed by atoms with Crippen molar-refractivity contribution in [2.75, 3.05) is 31.6 Å². The van der Waals surface area contributed by atoms with Gasteiger partial charge in [-0.05, 0) is 56.6 Å². The first-order valence-corrected chi connectivity index (χ1v) is 9.30. The highest BCUT2D eigenvalue weighted by atomic mass is 79.9. The van der Waals surface area contributed by atoms with E-state index in [0.29, 0.717) is 13.0 Å². The second-order valence-corrected chi connectivity index (χ2v) is 7.62. The van der Waals surface area contributed by atoms with Crippen molar-refractivity contribution in [1.82, 2.24) is 10.2 Å². The van der Waals surface area contributed by atoms with Crippen LogP contribution in [0.3, 0.4) is 0 Å². The molecule has 24 heavy (non-hydrogen) atoms. The van der Waals surface area contributed by atoms with Gasteiger partial charge in [-0.15, -0.1) is 0 Å². The van der Waals surface area contributed by atoms with Gasteiger partial charge in [0.25, 0.3) is 0 Å². The molecule has 2 fully saturated rings. The number of halogens is 1. The lowest BCUT2D eigenvalue weighted by molar-refractivity contribution is -0.137. The summed E-state index contributed by atoms with van der Waals surface area (Å²) in [7, 11) is 1.88. The van der Waals surface area contributed by atoms with Crippen LogP contribution in [0.25, 0.3) is 0 Å². The Morgan fingerprint density at radius 1 is 1.33 bits per heavy atom. The average Bonchev–Trinajstić information content (AvgIpc) is 2.98. The lowest BCUT2D eigenvalue weighted by Gasteiger charge is -2.33. The fourth-order valence-corrected chi connectivity index (χ4v) is 3.83. The Morgan fingerprint density at radius 2 is 2.04 bits per heavy atom. The summed E-state index contributed by atoms with van der Waals surface area (Å²) in [4.78, 5) is 28.8. The molecule has 0 aliphatic carbocycles. The molecule has 2 amide bonds. The molecule has 1 N–H and O–H groups in total. The summed E-state index contributed by atoms with van der Waals surface area (Å²) in [5.41, 5.74) is 1.96. The van der Waals surface area contributed by atoms with Gasteiger partial charge in [-0.2, -0.15) is 0 Å². The largest absolute Gasteiger partial charge is 0.342 e. The summed E-state index contributed by atoms with van der Waals surface area (Å²) >= 11 is 3.48. The molecule has 0 spiro atoms. The van der Waals surface area contributed by atoms with Crippen LogP contribution in [0.5, 0.6) is 0 Å². The van der Waals surface area contributed by atoms with E-state index >= 15 is 0 Å². The minimum Gasteiger partial charge on any atom is -0.342 e. The van der Waals surface area contributed by atoms with E-state index in [1.54, 1.807) is 4.90 Å². The minimum absolute atomic E-state index is 0.0359. The van der Waals surface area contributed by atoms with Gasteiger partial charge in [0.15, 0.2) is 0 Å². The molecule has 1 unspecified atom stereocenters. The lowest BCUT2D eigenvalue weighted by atomic mass is 10.0. The number of piperidine rings is 1. The van der Waals surface area contributed by atoms with Crippen molar-refractivity contribution in [3.05, 3.63) is 28.2 Å². The van der Waals surface area contributed by atoms with E-state index in [-0.39, 0.29) is 23.8 Å². The molecule has 1 atom stereocenters. The Bertz CT molecular complexity index is 643. The predicted octanol–water partition coefficient (Wildman–Crippen LogP) is 2.32. The summed E-state index contributed by atoms with van der Waals surface area (Å²) in [6, 6.07) is 6.16. The second-order valence-electron chi connectivity index (χ2n) is 6.77. The highest BCUT2D eigenvalue weighted by molar-refractivity contribution is 9.10. The maximum Gasteiger partial charge on any atom is 0.228 e. The van der Waals surface area contributed by atoms with Gasteiger partial charge in [0, 0.05) is 36.2 Å². The topological polar surface area (TPSA) is 52.7 Å². The number of aryl methyl sites for hydroxylation is 1. The van der Waals surface area contributed by atoms with Crippen molar-refractivity contribution in [3.63, 3.8) is 0 Å². The molecule has 130 valence electrons. The number of carbonyl (C=O) groups is 2. The number of rotatable bonds is 3. The molecule has 0 aromatic heterocycles. The van der Waals surface area contributed by atoms with Gasteiger partial charge in [-0.1, -0.05) is 15.9 Å². The molecule has 1 aromatic carbocycles. The Morgan fingerprint density at radius 3 is 2.71 bits per heavy atom. The van der Waals surface area contributed by atoms with Gasteiger partial charge >= 0.3 is 0 Å². The number of carbonyl (C=O) groups excluding carboxylic acids is 2. The third-order valence-corrected chi connectivity index (χ3v) is 6.02. The van der Waals surface area contributed by atoms with E-state index in [1.807, 2.05) is 37.1 Å². The maximum atomic E-state index is 12.8. The molecular weight excluding hydrogens is 370 g/mol. The zero-order valence-corrected chi connectivity index (χ0v) is 15.8. The number of amides is 2. The van der Waals surface area contributed by atoms with Crippen molar-refractivity contribution < 1.29 is 9.59 Å². The normalized spacial score (nSPS) is 22.0. The van der Waals surface area contributed by atoms with E-state index in [1.165, 1.54) is 0 Å². The third-order valence-electron chi connectivity index (χ3n) is 5.13. The van der Waals surface area contributed by atoms with Crippen LogP contribution in [0.1, 0.15) is 24.8 Å². The summed E-state index contributed by atoms with van der Waals surface area (Å²) in [6.07, 6.45) is 2.28. The number of benzene rings is 1. The number of nitrogens with one attached hydrogen (secondary N) is 1. The predicted molar refractivity (Wildman–Crippen MR) is 98.0 cm³/mol. The van der Waals surface area contributed by atoms with Gasteiger partial charge in [0.2, 0.25) is 11.8 Å². The van der Waals surface area contributed by atoms with Gasteiger partial charge < -0.3 is 15.1 Å². The molecule has 6 heteroatoms. The van der Waals surface area contributed by atoms with Crippen LogP contribution in [-0.4, -0.2) is 49.4 Å². The van der Waals surface area contributed by atoms with E-state index in [2.05, 4.69) is 21.2 Å². The molecule has 0 saturated carbocycles. The lowest BCUT2D eigenvalue weighted by Crippen LogP contribution is -2.46. The molecule has 5 nitrogen and oxygen atoms in total. The van der Waals surface area contributed by atoms with Crippen LogP contribution >= 0.6 is 15.9 Å². The van der Waals surface area contributed by atoms with E-state index in [9.17, 15) is 9.59 Å². The molecule has 1 aromatic rings. The highest BCUT2D eigenvalue weighted by Gasteiger charge is 2.38. The molecule has 2 heterocycles. The average molecular weight is 394 g/mol. The first-order chi connectivity index (χ1) is 11.5. The van der Waals surface area contributed by atoms with Gasteiger partial charge in [0.05, 0.1) is 5.92 Å². The van der Waals surface area contributed by atoms with Crippen molar-refractivity contribution in [1.29, 1.82) is 0 Å². The maximum absolute atomic E-state index is 12.8. The minimum atomic E-state index is -0.235. The van der Waals surface area contributed by atoms with Crippen molar-refractivity contribution in [2.45, 2.75) is 32.2 Å². The van der Waals surface area contributed by atoms with Crippen LogP contribution in [0.15, 0.2) is 22.7 Å². The Hall–Kier alpha value is -1.40. The second kappa shape index (κ2) is 7.23. The molecule has 3 rings (SSSR count). The van der Waals surface area contributed by atoms with Crippen molar-refractivity contribution in [2.24, 2.45) is 5.92 Å². The fraction of sp³-hybridized carbons (Fsp3) is 0.556. The third kappa shape index (κ3) is 3.49. The molecule has 2 saturated heterocycles.